The van der Waals surface area contributed by atoms with Gasteiger partial charge in [-0.05, 0) is 24.8 Å². The molecule has 1 aromatic carbocycles. The van der Waals surface area contributed by atoms with Crippen LogP contribution < -0.4 is 10.6 Å². The Balaban J connectivity index is 1.99. The summed E-state index contributed by atoms with van der Waals surface area (Å²) < 4.78 is 0. The molecular weight excluding hydrogens is 336 g/mol. The first kappa shape index (κ1) is 19.7. The number of aryl methyl sites for hydroxylation is 1. The lowest BCUT2D eigenvalue weighted by molar-refractivity contribution is -0.146. The van der Waals surface area contributed by atoms with Gasteiger partial charge in [-0.2, -0.15) is 0 Å². The van der Waals surface area contributed by atoms with Crippen LogP contribution in [0.3, 0.4) is 0 Å². The normalized spacial score (nSPS) is 16.3. The van der Waals surface area contributed by atoms with E-state index in [4.69, 9.17) is 5.11 Å². The maximum absolute atomic E-state index is 12.6. The number of carboxylic acid groups (broad SMARTS) is 1. The van der Waals surface area contributed by atoms with Crippen LogP contribution in [0.2, 0.25) is 0 Å². The van der Waals surface area contributed by atoms with Crippen molar-refractivity contribution in [3.8, 4) is 0 Å². The topological polar surface area (TPSA) is 116 Å². The molecule has 2 rings (SSSR count). The molecule has 0 radical (unpaired) electrons. The lowest BCUT2D eigenvalue weighted by Gasteiger charge is -2.30. The van der Waals surface area contributed by atoms with E-state index in [-0.39, 0.29) is 6.54 Å². The molecule has 0 spiro atoms. The molecule has 1 aliphatic rings. The zero-order valence-corrected chi connectivity index (χ0v) is 14.5. The van der Waals surface area contributed by atoms with Crippen molar-refractivity contribution in [2.75, 3.05) is 6.54 Å². The highest BCUT2D eigenvalue weighted by atomic mass is 16.4. The van der Waals surface area contributed by atoms with E-state index in [1.54, 1.807) is 0 Å². The van der Waals surface area contributed by atoms with Gasteiger partial charge in [0.1, 0.15) is 11.5 Å². The molecule has 1 aliphatic carbocycles. The summed E-state index contributed by atoms with van der Waals surface area (Å²) in [6, 6.07) is 9.70. The second-order valence-electron chi connectivity index (χ2n) is 6.54. The second-order valence-corrected chi connectivity index (χ2v) is 6.54. The van der Waals surface area contributed by atoms with Crippen molar-refractivity contribution < 1.29 is 24.6 Å². The Morgan fingerprint density at radius 3 is 2.42 bits per heavy atom. The van der Waals surface area contributed by atoms with E-state index in [1.165, 1.54) is 0 Å². The van der Waals surface area contributed by atoms with Crippen molar-refractivity contribution in [2.24, 2.45) is 0 Å². The minimum atomic E-state index is -1.66. The zero-order chi connectivity index (χ0) is 19.0. The highest BCUT2D eigenvalue weighted by Gasteiger charge is 2.41. The average molecular weight is 360 g/mol. The molecule has 1 fully saturated rings. The van der Waals surface area contributed by atoms with Gasteiger partial charge in [-0.25, -0.2) is 9.59 Å². The van der Waals surface area contributed by atoms with Gasteiger partial charge in [0.25, 0.3) is 0 Å². The summed E-state index contributed by atoms with van der Waals surface area (Å²) in [5.41, 5.74) is 0.447. The Labute approximate surface area is 152 Å². The minimum Gasteiger partial charge on any atom is -0.479 e. The van der Waals surface area contributed by atoms with E-state index in [0.717, 1.165) is 18.4 Å². The van der Waals surface area contributed by atoms with E-state index in [0.29, 0.717) is 31.4 Å². The van der Waals surface area contributed by atoms with Gasteiger partial charge in [0.2, 0.25) is 5.91 Å². The number of allylic oxidation sites excluding steroid dienone is 1. The van der Waals surface area contributed by atoms with Crippen molar-refractivity contribution in [3.05, 3.63) is 41.6 Å². The number of carbonyl (C=O) groups is 2. The molecule has 1 atom stereocenters. The van der Waals surface area contributed by atoms with Crippen molar-refractivity contribution in [1.82, 2.24) is 10.6 Å². The Hall–Kier alpha value is -2.63. The molecule has 7 nitrogen and oxygen atoms in total. The molecule has 0 heterocycles. The number of hydrogen-bond acceptors (Lipinski definition) is 5. The van der Waals surface area contributed by atoms with Crippen molar-refractivity contribution >= 4 is 17.8 Å². The molecule has 0 aromatic heterocycles. The van der Waals surface area contributed by atoms with Gasteiger partial charge in [0, 0.05) is 6.42 Å². The predicted octanol–water partition coefficient (Wildman–Crippen LogP) is 0.799. The fourth-order valence-electron chi connectivity index (χ4n) is 3.18. The van der Waals surface area contributed by atoms with E-state index in [2.05, 4.69) is 10.6 Å². The fraction of sp³-hybridized carbons (Fsp3) is 0.474. The van der Waals surface area contributed by atoms with Crippen LogP contribution in [0, 0.1) is 0 Å². The predicted molar refractivity (Wildman–Crippen MR) is 95.0 cm³/mol. The summed E-state index contributed by atoms with van der Waals surface area (Å²) in [5.74, 6) is 0.100. The molecule has 7 heteroatoms. The minimum absolute atomic E-state index is 0.324. The first-order chi connectivity index (χ1) is 12.5. The average Bonchev–Trinajstić information content (AvgIpc) is 3.13. The van der Waals surface area contributed by atoms with Gasteiger partial charge in [0.15, 0.2) is 6.10 Å². The third-order valence-corrected chi connectivity index (χ3v) is 4.65. The lowest BCUT2D eigenvalue weighted by Crippen LogP contribution is -2.56. The SMILES string of the molecule is O=C=C(CCc1ccccc1)NC1(C(=O)NCC(O)C(=O)O)CCCC1. The third-order valence-electron chi connectivity index (χ3n) is 4.65. The number of aliphatic carboxylic acids is 1. The van der Waals surface area contributed by atoms with Gasteiger partial charge in [-0.1, -0.05) is 43.2 Å². The highest BCUT2D eigenvalue weighted by molar-refractivity contribution is 5.87. The number of aliphatic hydroxyl groups is 1. The van der Waals surface area contributed by atoms with Crippen LogP contribution in [0.4, 0.5) is 0 Å². The lowest BCUT2D eigenvalue weighted by atomic mass is 9.95. The monoisotopic (exact) mass is 360 g/mol. The molecule has 0 bridgehead atoms. The number of nitrogens with one attached hydrogen (secondary N) is 2. The second kappa shape index (κ2) is 9.17. The number of carboxylic acids is 1. The van der Waals surface area contributed by atoms with E-state index in [1.807, 2.05) is 36.3 Å². The van der Waals surface area contributed by atoms with Crippen LogP contribution in [0.15, 0.2) is 36.0 Å². The van der Waals surface area contributed by atoms with Gasteiger partial charge in [-0.3, -0.25) is 4.79 Å². The third kappa shape index (κ3) is 5.18. The summed E-state index contributed by atoms with van der Waals surface area (Å²) in [5, 5.41) is 23.6. The maximum atomic E-state index is 12.6. The Morgan fingerprint density at radius 2 is 1.85 bits per heavy atom. The number of carbonyl (C=O) groups excluding carboxylic acids is 2. The molecule has 1 unspecified atom stereocenters. The van der Waals surface area contributed by atoms with E-state index < -0.39 is 23.5 Å². The molecule has 4 N–H and O–H groups in total. The molecule has 0 aliphatic heterocycles. The molecule has 26 heavy (non-hydrogen) atoms. The number of hydrogen-bond donors (Lipinski definition) is 4. The Morgan fingerprint density at radius 1 is 1.19 bits per heavy atom. The van der Waals surface area contributed by atoms with Gasteiger partial charge >= 0.3 is 5.97 Å². The standard InChI is InChI=1S/C19H24N2O5/c22-13-15(9-8-14-6-2-1-3-7-14)21-19(10-4-5-11-19)18(26)20-12-16(23)17(24)25/h1-3,6-7,16,21,23H,4-5,8-12H2,(H,20,26)(H,24,25). The Kier molecular flexibility index (Phi) is 6.95. The van der Waals surface area contributed by atoms with Gasteiger partial charge < -0.3 is 20.8 Å². The first-order valence-corrected chi connectivity index (χ1v) is 8.72. The molecule has 0 saturated heterocycles. The number of aliphatic hydroxyl groups excluding tert-OH is 1. The zero-order valence-electron chi connectivity index (χ0n) is 14.5. The fourth-order valence-corrected chi connectivity index (χ4v) is 3.18. The molecular formula is C19H24N2O5. The van der Waals surface area contributed by atoms with Gasteiger partial charge in [-0.15, -0.1) is 0 Å². The van der Waals surface area contributed by atoms with Crippen molar-refractivity contribution in [3.63, 3.8) is 0 Å². The Bertz CT molecular complexity index is 676. The van der Waals surface area contributed by atoms with Crippen LogP contribution in [0.5, 0.6) is 0 Å². The van der Waals surface area contributed by atoms with Crippen LogP contribution in [0.1, 0.15) is 37.7 Å². The quantitative estimate of drug-likeness (QED) is 0.484. The summed E-state index contributed by atoms with van der Waals surface area (Å²) in [6.07, 6.45) is 2.15. The molecule has 1 aromatic rings. The molecule has 1 saturated carbocycles. The van der Waals surface area contributed by atoms with E-state index >= 15 is 0 Å². The van der Waals surface area contributed by atoms with Crippen LogP contribution in [-0.4, -0.2) is 46.2 Å². The molecule has 140 valence electrons. The number of benzene rings is 1. The smallest absolute Gasteiger partial charge is 0.334 e. The van der Waals surface area contributed by atoms with Crippen molar-refractivity contribution in [1.29, 1.82) is 0 Å². The van der Waals surface area contributed by atoms with Gasteiger partial charge in [0.05, 0.1) is 12.2 Å². The van der Waals surface area contributed by atoms with E-state index in [9.17, 15) is 19.5 Å². The summed E-state index contributed by atoms with van der Waals surface area (Å²) in [7, 11) is 0. The number of amides is 1. The highest BCUT2D eigenvalue weighted by Crippen LogP contribution is 2.31. The van der Waals surface area contributed by atoms with Crippen LogP contribution in [0.25, 0.3) is 0 Å². The first-order valence-electron chi connectivity index (χ1n) is 8.72. The maximum Gasteiger partial charge on any atom is 0.334 e. The van der Waals surface area contributed by atoms with Crippen LogP contribution in [-0.2, 0) is 20.8 Å². The largest absolute Gasteiger partial charge is 0.479 e. The van der Waals surface area contributed by atoms with Crippen LogP contribution >= 0.6 is 0 Å². The molecule has 1 amide bonds. The number of rotatable bonds is 9. The summed E-state index contributed by atoms with van der Waals surface area (Å²) in [6.45, 7) is -0.373. The van der Waals surface area contributed by atoms with Crippen molar-refractivity contribution in [2.45, 2.75) is 50.2 Å². The summed E-state index contributed by atoms with van der Waals surface area (Å²) in [4.78, 5) is 34.6. The summed E-state index contributed by atoms with van der Waals surface area (Å²) >= 11 is 0.